The number of fused-ring (bicyclic) bond motifs is 1. The highest BCUT2D eigenvalue weighted by molar-refractivity contribution is 6.18. The molecule has 0 aliphatic carbocycles. The van der Waals surface area contributed by atoms with Gasteiger partial charge in [0.15, 0.2) is 0 Å². The molecule has 2 nitrogen and oxygen atoms in total. The van der Waals surface area contributed by atoms with Crippen molar-refractivity contribution in [3.8, 4) is 44.5 Å². The van der Waals surface area contributed by atoms with Crippen molar-refractivity contribution in [1.29, 1.82) is 0 Å². The summed E-state index contributed by atoms with van der Waals surface area (Å²) in [5, 5.41) is 2.38. The summed E-state index contributed by atoms with van der Waals surface area (Å²) in [4.78, 5) is 4.57. The Morgan fingerprint density at radius 3 is 0.974 bits per heavy atom. The minimum Gasteiger partial charge on any atom is -0.311 e. The summed E-state index contributed by atoms with van der Waals surface area (Å²) in [6.07, 6.45) is 14.3. The second-order valence-electron chi connectivity index (χ2n) is 18.6. The first-order chi connectivity index (χ1) is 37.6. The zero-order valence-electron chi connectivity index (χ0n) is 42.3. The number of hydrogen-bond donors (Lipinski definition) is 0. The van der Waals surface area contributed by atoms with E-state index in [1.165, 1.54) is 33.0 Å². The molecule has 0 saturated heterocycles. The molecule has 0 spiro atoms. The maximum atomic E-state index is 4.25. The summed E-state index contributed by atoms with van der Waals surface area (Å²) in [6.45, 7) is 8.32. The average Bonchev–Trinajstić information content (AvgIpc) is 3.52. The summed E-state index contributed by atoms with van der Waals surface area (Å²) < 4.78 is 0. The van der Waals surface area contributed by atoms with E-state index >= 15 is 0 Å². The number of hydrogen-bond acceptors (Lipinski definition) is 2. The molecule has 0 unspecified atom stereocenters. The van der Waals surface area contributed by atoms with Gasteiger partial charge in [-0.2, -0.15) is 0 Å². The molecule has 76 heavy (non-hydrogen) atoms. The van der Waals surface area contributed by atoms with Crippen LogP contribution in [0.1, 0.15) is 22.3 Å². The lowest BCUT2D eigenvalue weighted by Gasteiger charge is -2.28. The van der Waals surface area contributed by atoms with E-state index in [1.54, 1.807) is 0 Å². The van der Waals surface area contributed by atoms with Crippen molar-refractivity contribution in [2.75, 3.05) is 9.80 Å². The number of para-hydroxylation sites is 1. The largest absolute Gasteiger partial charge is 0.311 e. The fourth-order valence-corrected chi connectivity index (χ4v) is 10.2. The fraction of sp³-hybridized carbons (Fsp3) is 0. The van der Waals surface area contributed by atoms with Gasteiger partial charge in [-0.1, -0.05) is 256 Å². The molecular weight excluding hydrogens is 917 g/mol. The molecule has 0 aromatic heterocycles. The molecule has 362 valence electrons. The van der Waals surface area contributed by atoms with Gasteiger partial charge in [0.25, 0.3) is 0 Å². The maximum Gasteiger partial charge on any atom is 0.0462 e. The van der Waals surface area contributed by atoms with Crippen LogP contribution >= 0.6 is 0 Å². The Balaban J connectivity index is 1.07. The molecule has 2 heteroatoms. The third-order valence-corrected chi connectivity index (χ3v) is 13.8. The SMILES string of the molecule is C=C/C=C(\C=C)N(c1ccc(/C=C/c2ccccc2)cc1)c1ccc(-c2c(-c3ccc(N(c4ccccc4)c4ccc(/C=C/c5ccccc5)cc4)cc3)c(-c3ccccc3)c3ccccc3c2-c2ccccc2)cc1. The van der Waals surface area contributed by atoms with Gasteiger partial charge in [-0.15, -0.1) is 0 Å². The molecular formula is C74H56N2. The van der Waals surface area contributed by atoms with Crippen molar-refractivity contribution < 1.29 is 0 Å². The van der Waals surface area contributed by atoms with Crippen LogP contribution < -0.4 is 9.80 Å². The first kappa shape index (κ1) is 48.3. The third kappa shape index (κ3) is 10.4. The van der Waals surface area contributed by atoms with E-state index in [2.05, 4.69) is 308 Å². The van der Waals surface area contributed by atoms with Crippen LogP contribution in [-0.2, 0) is 0 Å². The van der Waals surface area contributed by atoms with Crippen molar-refractivity contribution in [3.63, 3.8) is 0 Å². The van der Waals surface area contributed by atoms with Crippen molar-refractivity contribution in [2.45, 2.75) is 0 Å². The summed E-state index contributed by atoms with van der Waals surface area (Å²) in [5.41, 5.74) is 20.0. The highest BCUT2D eigenvalue weighted by Gasteiger charge is 2.25. The van der Waals surface area contributed by atoms with Crippen LogP contribution in [0.3, 0.4) is 0 Å². The first-order valence-corrected chi connectivity index (χ1v) is 25.8. The topological polar surface area (TPSA) is 6.48 Å². The van der Waals surface area contributed by atoms with Gasteiger partial charge in [0.05, 0.1) is 0 Å². The molecule has 0 atom stereocenters. The van der Waals surface area contributed by atoms with E-state index in [4.69, 9.17) is 0 Å². The molecule has 11 aromatic rings. The Labute approximate surface area is 447 Å². The van der Waals surface area contributed by atoms with Crippen LogP contribution in [-0.4, -0.2) is 0 Å². The van der Waals surface area contributed by atoms with Gasteiger partial charge in [0, 0.05) is 34.1 Å². The van der Waals surface area contributed by atoms with Gasteiger partial charge in [-0.05, 0) is 150 Å². The van der Waals surface area contributed by atoms with Crippen LogP contribution in [0.5, 0.6) is 0 Å². The summed E-state index contributed by atoms with van der Waals surface area (Å²) in [7, 11) is 0. The summed E-state index contributed by atoms with van der Waals surface area (Å²) in [5.74, 6) is 0. The van der Waals surface area contributed by atoms with Crippen molar-refractivity contribution in [2.24, 2.45) is 0 Å². The van der Waals surface area contributed by atoms with Crippen LogP contribution in [0.4, 0.5) is 28.4 Å². The fourth-order valence-electron chi connectivity index (χ4n) is 10.2. The van der Waals surface area contributed by atoms with Gasteiger partial charge >= 0.3 is 0 Å². The smallest absolute Gasteiger partial charge is 0.0462 e. The van der Waals surface area contributed by atoms with E-state index in [0.717, 1.165) is 78.6 Å². The van der Waals surface area contributed by atoms with E-state index in [0.29, 0.717) is 0 Å². The third-order valence-electron chi connectivity index (χ3n) is 13.8. The second-order valence-corrected chi connectivity index (χ2v) is 18.6. The first-order valence-electron chi connectivity index (χ1n) is 25.8. The van der Waals surface area contributed by atoms with Crippen LogP contribution in [0.2, 0.25) is 0 Å². The Hall–Kier alpha value is -10.0. The van der Waals surface area contributed by atoms with Crippen molar-refractivity contribution in [3.05, 3.63) is 332 Å². The Bertz CT molecular complexity index is 3820. The van der Waals surface area contributed by atoms with Gasteiger partial charge in [-0.25, -0.2) is 0 Å². The van der Waals surface area contributed by atoms with Gasteiger partial charge < -0.3 is 9.80 Å². The average molecular weight is 973 g/mol. The highest BCUT2D eigenvalue weighted by atomic mass is 15.1. The Morgan fingerprint density at radius 2 is 0.579 bits per heavy atom. The Kier molecular flexibility index (Phi) is 14.5. The van der Waals surface area contributed by atoms with Crippen molar-refractivity contribution in [1.82, 2.24) is 0 Å². The van der Waals surface area contributed by atoms with E-state index in [-0.39, 0.29) is 0 Å². The predicted octanol–water partition coefficient (Wildman–Crippen LogP) is 20.7. The summed E-state index contributed by atoms with van der Waals surface area (Å²) >= 11 is 0. The number of allylic oxidation sites excluding steroid dienone is 3. The normalized spacial score (nSPS) is 11.5. The lowest BCUT2D eigenvalue weighted by atomic mass is 9.79. The predicted molar refractivity (Wildman–Crippen MR) is 328 cm³/mol. The zero-order valence-corrected chi connectivity index (χ0v) is 42.3. The standard InChI is InChI=1S/C74H56N2/c1-3-22-63(4-2)75(65-47-39-57(40-48-65)37-35-55-23-10-5-11-24-55)67-51-43-61(44-52-67)73-71(59-27-14-7-15-28-59)69-33-20-21-34-70(69)72(60-29-16-8-17-30-60)74(73)62-45-53-68(54-46-62)76(64-31-18-9-19-32-64)66-49-41-58(42-50-66)38-36-56-25-12-6-13-26-56/h3-54H,1-2H2/b37-35+,38-36+,63-22+. The number of nitrogens with zero attached hydrogens (tertiary/aromatic N) is 2. The molecule has 0 saturated carbocycles. The molecule has 11 rings (SSSR count). The summed E-state index contributed by atoms with van der Waals surface area (Å²) in [6, 6.07) is 97.8. The molecule has 0 fully saturated rings. The minimum absolute atomic E-state index is 0.915. The number of benzene rings is 11. The van der Waals surface area contributed by atoms with E-state index < -0.39 is 0 Å². The van der Waals surface area contributed by atoms with Crippen LogP contribution in [0.15, 0.2) is 310 Å². The molecule has 0 aliphatic rings. The number of anilines is 5. The monoisotopic (exact) mass is 972 g/mol. The second kappa shape index (κ2) is 22.8. The zero-order chi connectivity index (χ0) is 51.5. The van der Waals surface area contributed by atoms with Gasteiger partial charge in [-0.3, -0.25) is 0 Å². The molecule has 11 aromatic carbocycles. The lowest BCUT2D eigenvalue weighted by Crippen LogP contribution is -2.15. The highest BCUT2D eigenvalue weighted by Crippen LogP contribution is 2.51. The number of rotatable bonds is 16. The molecule has 0 radical (unpaired) electrons. The van der Waals surface area contributed by atoms with Gasteiger partial charge in [0.1, 0.15) is 0 Å². The van der Waals surface area contributed by atoms with E-state index in [9.17, 15) is 0 Å². The molecule has 0 bridgehead atoms. The molecule has 0 heterocycles. The van der Waals surface area contributed by atoms with Crippen molar-refractivity contribution >= 4 is 63.5 Å². The van der Waals surface area contributed by atoms with E-state index in [1.807, 2.05) is 30.4 Å². The van der Waals surface area contributed by atoms with Gasteiger partial charge in [0.2, 0.25) is 0 Å². The quantitative estimate of drug-likeness (QED) is 0.0703. The molecule has 0 amide bonds. The minimum atomic E-state index is 0.915. The Morgan fingerprint density at radius 1 is 0.276 bits per heavy atom. The maximum absolute atomic E-state index is 4.25. The molecule has 0 aliphatic heterocycles. The lowest BCUT2D eigenvalue weighted by molar-refractivity contribution is 1.21. The van der Waals surface area contributed by atoms with Crippen LogP contribution in [0.25, 0.3) is 79.6 Å². The molecule has 0 N–H and O–H groups in total. The van der Waals surface area contributed by atoms with Crippen LogP contribution in [0, 0.1) is 0 Å².